The maximum atomic E-state index is 12.8. The molecular weight excluding hydrogens is 990 g/mol. The quantitative estimate of drug-likeness (QED) is 0.0195. The molecule has 0 aliphatic carbocycles. The standard InChI is InChI=1S/C68H108NO8P/c1-6-8-10-12-14-16-18-20-22-24-26-28-30-32-33-34-35-37-39-41-43-45-47-49-51-53-55-57-59-61-68(71)77-66(65-76-78(72,73)75-63-62-69(3,4)5)64-74-67(70)60-58-56-54-52-50-48-46-44-42-40-38-36-31-29-27-25-23-21-19-17-15-13-11-9-7-2/h8-11,14-17,20-23,26-29,32-33,35-38,41-44,48,50,66H,6-7,12-13,18-19,24-25,30-31,34,39-40,45-47,49,51-65H2,1-5H3/b10-8-,11-9-,16-14-,17-15-,22-20-,23-21-,28-26-,29-27-,33-32-,37-35-,38-36-,43-41-,44-42-,50-48-. The van der Waals surface area contributed by atoms with E-state index in [1.54, 1.807) is 0 Å². The van der Waals surface area contributed by atoms with Crippen molar-refractivity contribution in [3.05, 3.63) is 170 Å². The Labute approximate surface area is 477 Å². The Bertz CT molecular complexity index is 1920. The Morgan fingerprint density at radius 3 is 1.04 bits per heavy atom. The van der Waals surface area contributed by atoms with Crippen molar-refractivity contribution in [3.63, 3.8) is 0 Å². The van der Waals surface area contributed by atoms with Crippen LogP contribution in [0.25, 0.3) is 0 Å². The molecule has 2 unspecified atom stereocenters. The average molecular weight is 1100 g/mol. The fraction of sp³-hybridized carbons (Fsp3) is 0.559. The van der Waals surface area contributed by atoms with Crippen LogP contribution >= 0.6 is 7.82 Å². The first-order valence-electron chi connectivity index (χ1n) is 29.8. The molecule has 0 bridgehead atoms. The van der Waals surface area contributed by atoms with Crippen LogP contribution in [0.4, 0.5) is 0 Å². The van der Waals surface area contributed by atoms with Gasteiger partial charge in [0.25, 0.3) is 7.82 Å². The normalized spacial score (nSPS) is 14.5. The van der Waals surface area contributed by atoms with E-state index in [9.17, 15) is 19.0 Å². The number of ether oxygens (including phenoxy) is 2. The fourth-order valence-electron chi connectivity index (χ4n) is 7.20. The summed E-state index contributed by atoms with van der Waals surface area (Å²) in [6, 6.07) is 0. The van der Waals surface area contributed by atoms with Gasteiger partial charge in [-0.3, -0.25) is 14.2 Å². The van der Waals surface area contributed by atoms with Crippen LogP contribution in [-0.4, -0.2) is 70.0 Å². The van der Waals surface area contributed by atoms with Gasteiger partial charge in [-0.2, -0.15) is 0 Å². The molecule has 9 nitrogen and oxygen atoms in total. The number of phosphoric ester groups is 1. The van der Waals surface area contributed by atoms with Crippen molar-refractivity contribution in [2.75, 3.05) is 47.5 Å². The maximum Gasteiger partial charge on any atom is 0.306 e. The number of allylic oxidation sites excluding steroid dienone is 28. The molecule has 0 N–H and O–H groups in total. The molecule has 0 saturated heterocycles. The van der Waals surface area contributed by atoms with E-state index in [0.29, 0.717) is 23.9 Å². The van der Waals surface area contributed by atoms with E-state index >= 15 is 0 Å². The molecule has 0 spiro atoms. The summed E-state index contributed by atoms with van der Waals surface area (Å²) in [4.78, 5) is 37.9. The zero-order chi connectivity index (χ0) is 57.0. The zero-order valence-corrected chi connectivity index (χ0v) is 50.4. The molecule has 0 aromatic rings. The lowest BCUT2D eigenvalue weighted by Crippen LogP contribution is -2.37. The van der Waals surface area contributed by atoms with E-state index < -0.39 is 32.5 Å². The second kappa shape index (κ2) is 57.1. The smallest absolute Gasteiger partial charge is 0.306 e. The van der Waals surface area contributed by atoms with Crippen molar-refractivity contribution in [2.24, 2.45) is 0 Å². The lowest BCUT2D eigenvalue weighted by Gasteiger charge is -2.28. The predicted molar refractivity (Wildman–Crippen MR) is 332 cm³/mol. The van der Waals surface area contributed by atoms with Gasteiger partial charge in [-0.15, -0.1) is 0 Å². The Balaban J connectivity index is 4.32. The lowest BCUT2D eigenvalue weighted by molar-refractivity contribution is -0.870. The minimum Gasteiger partial charge on any atom is -0.756 e. The average Bonchev–Trinajstić information content (AvgIpc) is 3.41. The summed E-state index contributed by atoms with van der Waals surface area (Å²) in [5, 5.41) is 0. The molecule has 0 heterocycles. The second-order valence-corrected chi connectivity index (χ2v) is 21.7. The van der Waals surface area contributed by atoms with Crippen molar-refractivity contribution in [2.45, 2.75) is 200 Å². The van der Waals surface area contributed by atoms with Crippen LogP contribution in [-0.2, 0) is 32.7 Å². The van der Waals surface area contributed by atoms with E-state index in [0.717, 1.165) is 141 Å². The molecule has 0 aromatic heterocycles. The third-order valence-corrected chi connectivity index (χ3v) is 12.7. The maximum absolute atomic E-state index is 12.8. The van der Waals surface area contributed by atoms with Crippen LogP contribution in [0.3, 0.4) is 0 Å². The second-order valence-electron chi connectivity index (χ2n) is 20.2. The van der Waals surface area contributed by atoms with Crippen LogP contribution in [0.15, 0.2) is 170 Å². The monoisotopic (exact) mass is 1100 g/mol. The molecular formula is C68H108NO8P. The lowest BCUT2D eigenvalue weighted by atomic mass is 10.1. The van der Waals surface area contributed by atoms with Gasteiger partial charge in [0.15, 0.2) is 6.10 Å². The molecule has 0 fully saturated rings. The number of phosphoric acid groups is 1. The number of rotatable bonds is 52. The first kappa shape index (κ1) is 73.4. The van der Waals surface area contributed by atoms with Crippen molar-refractivity contribution >= 4 is 19.8 Å². The van der Waals surface area contributed by atoms with Crippen LogP contribution in [0.1, 0.15) is 194 Å². The minimum atomic E-state index is -4.66. The van der Waals surface area contributed by atoms with Gasteiger partial charge in [-0.1, -0.05) is 223 Å². The minimum absolute atomic E-state index is 0.0498. The predicted octanol–water partition coefficient (Wildman–Crippen LogP) is 18.4. The van der Waals surface area contributed by atoms with Crippen molar-refractivity contribution < 1.29 is 42.1 Å². The largest absolute Gasteiger partial charge is 0.756 e. The number of quaternary nitrogens is 1. The van der Waals surface area contributed by atoms with E-state index in [1.807, 2.05) is 21.1 Å². The number of esters is 2. The van der Waals surface area contributed by atoms with Gasteiger partial charge in [-0.25, -0.2) is 0 Å². The van der Waals surface area contributed by atoms with E-state index in [2.05, 4.69) is 184 Å². The summed E-state index contributed by atoms with van der Waals surface area (Å²) in [5.41, 5.74) is 0. The molecule has 0 amide bonds. The van der Waals surface area contributed by atoms with Crippen molar-refractivity contribution in [3.8, 4) is 0 Å². The number of nitrogens with zero attached hydrogens (tertiary/aromatic N) is 1. The highest BCUT2D eigenvalue weighted by molar-refractivity contribution is 7.45. The summed E-state index contributed by atoms with van der Waals surface area (Å²) in [6.45, 7) is 3.92. The Hall–Kier alpha value is -4.63. The summed E-state index contributed by atoms with van der Waals surface area (Å²) in [5.74, 6) is -0.901. The summed E-state index contributed by atoms with van der Waals surface area (Å²) < 4.78 is 34.1. The topological polar surface area (TPSA) is 111 Å². The molecule has 0 aliphatic heterocycles. The van der Waals surface area contributed by atoms with Crippen LogP contribution in [0, 0.1) is 0 Å². The number of hydrogen-bond donors (Lipinski definition) is 0. The summed E-state index contributed by atoms with van der Waals surface area (Å²) in [6.07, 6.45) is 86.8. The Morgan fingerprint density at radius 2 is 0.692 bits per heavy atom. The molecule has 2 atom stereocenters. The van der Waals surface area contributed by atoms with Gasteiger partial charge in [0.2, 0.25) is 0 Å². The third kappa shape index (κ3) is 60.6. The first-order valence-corrected chi connectivity index (χ1v) is 31.3. The van der Waals surface area contributed by atoms with Gasteiger partial charge in [0.1, 0.15) is 19.8 Å². The third-order valence-electron chi connectivity index (χ3n) is 11.7. The highest BCUT2D eigenvalue weighted by atomic mass is 31.2. The van der Waals surface area contributed by atoms with Crippen molar-refractivity contribution in [1.82, 2.24) is 0 Å². The highest BCUT2D eigenvalue weighted by Gasteiger charge is 2.21. The molecule has 0 rings (SSSR count). The van der Waals surface area contributed by atoms with E-state index in [-0.39, 0.29) is 26.1 Å². The number of likely N-dealkylation sites (N-methyl/N-ethyl adjacent to an activating group) is 1. The molecule has 0 aliphatic rings. The Morgan fingerprint density at radius 1 is 0.397 bits per heavy atom. The van der Waals surface area contributed by atoms with Gasteiger partial charge in [0, 0.05) is 12.8 Å². The van der Waals surface area contributed by atoms with Crippen LogP contribution in [0.5, 0.6) is 0 Å². The summed E-state index contributed by atoms with van der Waals surface area (Å²) in [7, 11) is 1.11. The SMILES string of the molecule is CC/C=C\C/C=C\C/C=C\C/C=C\C/C=C\C/C=C\C/C=C\CCCCCCCCCC(=O)OC(COC(=O)CCCCC/C=C\C/C=C\C/C=C\C/C=C\C/C=C\C/C=C\C/C=C\CC)COP(=O)([O-])OCC[N+](C)(C)C. The van der Waals surface area contributed by atoms with E-state index in [4.69, 9.17) is 18.5 Å². The first-order chi connectivity index (χ1) is 38.0. The van der Waals surface area contributed by atoms with Gasteiger partial charge in [0.05, 0.1) is 27.7 Å². The van der Waals surface area contributed by atoms with Gasteiger partial charge < -0.3 is 27.9 Å². The van der Waals surface area contributed by atoms with Crippen LogP contribution in [0.2, 0.25) is 0 Å². The van der Waals surface area contributed by atoms with Gasteiger partial charge in [-0.05, 0) is 128 Å². The zero-order valence-electron chi connectivity index (χ0n) is 49.5. The number of unbranched alkanes of at least 4 members (excludes halogenated alkanes) is 10. The van der Waals surface area contributed by atoms with Crippen LogP contribution < -0.4 is 4.89 Å². The number of carbonyl (C=O) groups is 2. The summed E-state index contributed by atoms with van der Waals surface area (Å²) >= 11 is 0. The number of carbonyl (C=O) groups excluding carboxylic acids is 2. The van der Waals surface area contributed by atoms with E-state index in [1.165, 1.54) is 12.8 Å². The Kier molecular flexibility index (Phi) is 53.7. The highest BCUT2D eigenvalue weighted by Crippen LogP contribution is 2.38. The molecule has 438 valence electrons. The number of hydrogen-bond acceptors (Lipinski definition) is 8. The van der Waals surface area contributed by atoms with Gasteiger partial charge >= 0.3 is 11.9 Å². The molecule has 78 heavy (non-hydrogen) atoms. The molecule has 0 aromatic carbocycles. The molecule has 0 radical (unpaired) electrons. The fourth-order valence-corrected chi connectivity index (χ4v) is 7.93. The molecule has 10 heteroatoms. The molecule has 0 saturated carbocycles. The van der Waals surface area contributed by atoms with Crippen molar-refractivity contribution in [1.29, 1.82) is 0 Å².